The van der Waals surface area contributed by atoms with Crippen LogP contribution in [0.1, 0.15) is 17.3 Å². The van der Waals surface area contributed by atoms with Gasteiger partial charge in [0.2, 0.25) is 0 Å². The average Bonchev–Trinajstić information content (AvgIpc) is 2.80. The third-order valence-electron chi connectivity index (χ3n) is 2.51. The van der Waals surface area contributed by atoms with Gasteiger partial charge in [0.15, 0.2) is 0 Å². The molecule has 5 nitrogen and oxygen atoms in total. The Bertz CT molecular complexity index is 579. The van der Waals surface area contributed by atoms with Crippen LogP contribution in [-0.4, -0.2) is 15.7 Å². The maximum absolute atomic E-state index is 13.2. The highest BCUT2D eigenvalue weighted by molar-refractivity contribution is 6.07. The van der Waals surface area contributed by atoms with E-state index in [9.17, 15) is 9.18 Å². The van der Waals surface area contributed by atoms with Crippen molar-refractivity contribution in [3.63, 3.8) is 0 Å². The molecule has 2 aromatic rings. The second-order valence-electron chi connectivity index (χ2n) is 3.74. The van der Waals surface area contributed by atoms with Gasteiger partial charge in [0, 0.05) is 12.7 Å². The zero-order chi connectivity index (χ0) is 13.1. The number of nitrogens with one attached hydrogen (secondary N) is 1. The van der Waals surface area contributed by atoms with Crippen LogP contribution in [0, 0.1) is 5.82 Å². The number of nitrogen functional groups attached to an aromatic ring is 1. The molecule has 3 N–H and O–H groups in total. The van der Waals surface area contributed by atoms with E-state index in [1.54, 1.807) is 10.9 Å². The van der Waals surface area contributed by atoms with E-state index in [2.05, 4.69) is 10.4 Å². The van der Waals surface area contributed by atoms with Gasteiger partial charge >= 0.3 is 0 Å². The van der Waals surface area contributed by atoms with E-state index < -0.39 is 11.7 Å². The predicted octanol–water partition coefficient (Wildman–Crippen LogP) is 1.88. The predicted molar refractivity (Wildman–Crippen MR) is 66.7 cm³/mol. The monoisotopic (exact) mass is 248 g/mol. The van der Waals surface area contributed by atoms with Gasteiger partial charge in [0.1, 0.15) is 5.82 Å². The van der Waals surface area contributed by atoms with Gasteiger partial charge in [0.25, 0.3) is 5.91 Å². The number of carbonyl (C=O) groups is 1. The summed E-state index contributed by atoms with van der Waals surface area (Å²) in [6, 6.07) is 4.12. The second-order valence-corrected chi connectivity index (χ2v) is 3.74. The molecule has 0 atom stereocenters. The number of nitrogens with zero attached hydrogens (tertiary/aromatic N) is 2. The Morgan fingerprint density at radius 3 is 3.00 bits per heavy atom. The van der Waals surface area contributed by atoms with E-state index in [4.69, 9.17) is 5.73 Å². The van der Waals surface area contributed by atoms with Crippen molar-refractivity contribution >= 4 is 17.3 Å². The van der Waals surface area contributed by atoms with Gasteiger partial charge in [0.05, 0.1) is 23.1 Å². The van der Waals surface area contributed by atoms with Crippen molar-refractivity contribution in [3.05, 3.63) is 42.0 Å². The van der Waals surface area contributed by atoms with Crippen molar-refractivity contribution in [2.75, 3.05) is 11.1 Å². The number of benzene rings is 1. The average molecular weight is 248 g/mol. The number of nitrogens with two attached hydrogens (primary N) is 1. The van der Waals surface area contributed by atoms with Crippen molar-refractivity contribution in [1.29, 1.82) is 0 Å². The molecule has 0 unspecified atom stereocenters. The molecule has 0 radical (unpaired) electrons. The minimum absolute atomic E-state index is 0.110. The van der Waals surface area contributed by atoms with Crippen molar-refractivity contribution in [2.45, 2.75) is 13.5 Å². The fourth-order valence-electron chi connectivity index (χ4n) is 1.53. The molecule has 0 saturated heterocycles. The fraction of sp³-hybridized carbons (Fsp3) is 0.167. The molecule has 6 heteroatoms. The van der Waals surface area contributed by atoms with Gasteiger partial charge in [-0.05, 0) is 19.1 Å². The number of hydrogen-bond donors (Lipinski definition) is 2. The lowest BCUT2D eigenvalue weighted by molar-refractivity contribution is 0.102. The van der Waals surface area contributed by atoms with Crippen LogP contribution < -0.4 is 11.1 Å². The quantitative estimate of drug-likeness (QED) is 0.814. The van der Waals surface area contributed by atoms with Gasteiger partial charge in [-0.3, -0.25) is 9.48 Å². The smallest absolute Gasteiger partial charge is 0.257 e. The molecule has 0 bridgehead atoms. The summed E-state index contributed by atoms with van der Waals surface area (Å²) in [5, 5.41) is 6.63. The minimum atomic E-state index is -0.605. The van der Waals surface area contributed by atoms with E-state index in [0.717, 1.165) is 0 Å². The molecule has 0 saturated carbocycles. The number of amides is 1. The van der Waals surface area contributed by atoms with Crippen LogP contribution in [0.15, 0.2) is 30.6 Å². The molecule has 0 aliphatic carbocycles. The lowest BCUT2D eigenvalue weighted by Gasteiger charge is -2.06. The zero-order valence-electron chi connectivity index (χ0n) is 9.85. The van der Waals surface area contributed by atoms with E-state index >= 15 is 0 Å². The summed E-state index contributed by atoms with van der Waals surface area (Å²) >= 11 is 0. The first-order valence-corrected chi connectivity index (χ1v) is 5.49. The Morgan fingerprint density at radius 1 is 1.56 bits per heavy atom. The summed E-state index contributed by atoms with van der Waals surface area (Å²) in [4.78, 5) is 11.9. The zero-order valence-corrected chi connectivity index (χ0v) is 9.85. The standard InChI is InChI=1S/C12H13FN4O/c1-2-17-7-8(6-15-17)16-12(18)9-4-3-5-10(13)11(9)14/h3-7H,2,14H2,1H3,(H,16,18). The van der Waals surface area contributed by atoms with E-state index in [-0.39, 0.29) is 11.3 Å². The Balaban J connectivity index is 2.19. The van der Waals surface area contributed by atoms with Crippen molar-refractivity contribution < 1.29 is 9.18 Å². The molecule has 1 aromatic heterocycles. The third kappa shape index (κ3) is 2.32. The fourth-order valence-corrected chi connectivity index (χ4v) is 1.53. The summed E-state index contributed by atoms with van der Waals surface area (Å²) < 4.78 is 14.9. The van der Waals surface area contributed by atoms with Gasteiger partial charge < -0.3 is 11.1 Å². The van der Waals surface area contributed by atoms with Gasteiger partial charge in [-0.1, -0.05) is 6.07 Å². The largest absolute Gasteiger partial charge is 0.396 e. The summed E-state index contributed by atoms with van der Waals surface area (Å²) in [6.45, 7) is 2.64. The Hall–Kier alpha value is -2.37. The van der Waals surface area contributed by atoms with E-state index in [1.165, 1.54) is 24.4 Å². The van der Waals surface area contributed by atoms with Crippen LogP contribution in [0.2, 0.25) is 0 Å². The number of hydrogen-bond acceptors (Lipinski definition) is 3. The molecule has 1 heterocycles. The number of rotatable bonds is 3. The number of aromatic nitrogens is 2. The molecule has 0 aliphatic heterocycles. The topological polar surface area (TPSA) is 72.9 Å². The van der Waals surface area contributed by atoms with Crippen molar-refractivity contribution in [3.8, 4) is 0 Å². The highest BCUT2D eigenvalue weighted by atomic mass is 19.1. The van der Waals surface area contributed by atoms with Crippen LogP contribution in [-0.2, 0) is 6.54 Å². The molecule has 94 valence electrons. The van der Waals surface area contributed by atoms with E-state index in [1.807, 2.05) is 6.92 Å². The molecule has 0 spiro atoms. The molecular formula is C12H13FN4O. The highest BCUT2D eigenvalue weighted by Gasteiger charge is 2.13. The molecule has 1 aromatic carbocycles. The first-order valence-electron chi connectivity index (χ1n) is 5.49. The molecule has 0 aliphatic rings. The summed E-state index contributed by atoms with van der Waals surface area (Å²) in [6.07, 6.45) is 3.21. The summed E-state index contributed by atoms with van der Waals surface area (Å²) in [7, 11) is 0. The first kappa shape index (κ1) is 12.1. The summed E-state index contributed by atoms with van der Waals surface area (Å²) in [5.74, 6) is -1.06. The van der Waals surface area contributed by atoms with E-state index in [0.29, 0.717) is 12.2 Å². The van der Waals surface area contributed by atoms with Gasteiger partial charge in [-0.25, -0.2) is 4.39 Å². The normalized spacial score (nSPS) is 10.3. The second kappa shape index (κ2) is 4.87. The first-order chi connectivity index (χ1) is 8.61. The SMILES string of the molecule is CCn1cc(NC(=O)c2cccc(F)c2N)cn1. The Kier molecular flexibility index (Phi) is 3.27. The van der Waals surface area contributed by atoms with Crippen molar-refractivity contribution in [2.24, 2.45) is 0 Å². The minimum Gasteiger partial charge on any atom is -0.396 e. The van der Waals surface area contributed by atoms with Crippen molar-refractivity contribution in [1.82, 2.24) is 9.78 Å². The van der Waals surface area contributed by atoms with Crippen LogP contribution in [0.4, 0.5) is 15.8 Å². The summed E-state index contributed by atoms with van der Waals surface area (Å²) in [5.41, 5.74) is 6.01. The third-order valence-corrected chi connectivity index (χ3v) is 2.51. The Labute approximate surface area is 103 Å². The lowest BCUT2D eigenvalue weighted by Crippen LogP contribution is -2.14. The van der Waals surface area contributed by atoms with Gasteiger partial charge in [-0.2, -0.15) is 5.10 Å². The number of aryl methyl sites for hydroxylation is 1. The number of carbonyl (C=O) groups excluding carboxylic acids is 1. The van der Waals surface area contributed by atoms with Crippen LogP contribution in [0.25, 0.3) is 0 Å². The number of para-hydroxylation sites is 1. The molecule has 0 fully saturated rings. The highest BCUT2D eigenvalue weighted by Crippen LogP contribution is 2.17. The number of anilines is 2. The van der Waals surface area contributed by atoms with Gasteiger partial charge in [-0.15, -0.1) is 0 Å². The van der Waals surface area contributed by atoms with Crippen LogP contribution >= 0.6 is 0 Å². The van der Waals surface area contributed by atoms with Crippen LogP contribution in [0.3, 0.4) is 0 Å². The maximum atomic E-state index is 13.2. The molecule has 1 amide bonds. The number of halogens is 1. The Morgan fingerprint density at radius 2 is 2.33 bits per heavy atom. The maximum Gasteiger partial charge on any atom is 0.257 e. The molecule has 18 heavy (non-hydrogen) atoms. The molecule has 2 rings (SSSR count). The lowest BCUT2D eigenvalue weighted by atomic mass is 10.1. The molecular weight excluding hydrogens is 235 g/mol. The van der Waals surface area contributed by atoms with Crippen LogP contribution in [0.5, 0.6) is 0 Å².